The second kappa shape index (κ2) is 5.62. The van der Waals surface area contributed by atoms with Gasteiger partial charge in [-0.05, 0) is 48.9 Å². The Bertz CT molecular complexity index is 413. The van der Waals surface area contributed by atoms with Crippen LogP contribution in [0.3, 0.4) is 0 Å². The van der Waals surface area contributed by atoms with Gasteiger partial charge < -0.3 is 5.73 Å². The Morgan fingerprint density at radius 1 is 1.33 bits per heavy atom. The Morgan fingerprint density at radius 3 is 2.61 bits per heavy atom. The summed E-state index contributed by atoms with van der Waals surface area (Å²) in [6.45, 7) is 8.05. The highest BCUT2D eigenvalue weighted by molar-refractivity contribution is 9.10. The van der Waals surface area contributed by atoms with Crippen LogP contribution in [-0.2, 0) is 6.54 Å². The van der Waals surface area contributed by atoms with Crippen molar-refractivity contribution >= 4 is 21.6 Å². The first-order valence-corrected chi connectivity index (χ1v) is 7.64. The van der Waals surface area contributed by atoms with E-state index in [2.05, 4.69) is 46.8 Å². The second-order valence-corrected chi connectivity index (χ2v) is 6.43. The molecule has 0 saturated carbocycles. The van der Waals surface area contributed by atoms with Gasteiger partial charge in [0.25, 0.3) is 0 Å². The van der Waals surface area contributed by atoms with E-state index in [1.807, 2.05) is 6.07 Å². The molecule has 0 radical (unpaired) electrons. The van der Waals surface area contributed by atoms with Crippen molar-refractivity contribution in [3.63, 3.8) is 0 Å². The summed E-state index contributed by atoms with van der Waals surface area (Å²) >= 11 is 3.46. The van der Waals surface area contributed by atoms with E-state index in [1.54, 1.807) is 0 Å². The molecule has 1 aromatic rings. The average molecular weight is 311 g/mol. The molecule has 1 aliphatic heterocycles. The first-order chi connectivity index (χ1) is 8.58. The molecule has 0 unspecified atom stereocenters. The monoisotopic (exact) mass is 310 g/mol. The van der Waals surface area contributed by atoms with Crippen LogP contribution in [0.25, 0.3) is 0 Å². The van der Waals surface area contributed by atoms with Crippen LogP contribution in [-0.4, -0.2) is 18.0 Å². The molecule has 2 N–H and O–H groups in total. The molecule has 0 amide bonds. The van der Waals surface area contributed by atoms with Gasteiger partial charge in [0.15, 0.2) is 0 Å². The molecule has 3 heteroatoms. The predicted octanol–water partition coefficient (Wildman–Crippen LogP) is 4.04. The number of rotatable bonds is 4. The Labute approximate surface area is 119 Å². The number of likely N-dealkylation sites (tertiary alicyclic amines) is 1. The largest absolute Gasteiger partial charge is 0.398 e. The van der Waals surface area contributed by atoms with Crippen molar-refractivity contribution in [1.29, 1.82) is 0 Å². The van der Waals surface area contributed by atoms with Crippen molar-refractivity contribution in [3.8, 4) is 0 Å². The molecule has 0 atom stereocenters. The van der Waals surface area contributed by atoms with Crippen LogP contribution >= 0.6 is 15.9 Å². The van der Waals surface area contributed by atoms with Crippen molar-refractivity contribution < 1.29 is 0 Å². The topological polar surface area (TPSA) is 29.3 Å². The summed E-state index contributed by atoms with van der Waals surface area (Å²) in [6.07, 6.45) is 3.90. The van der Waals surface area contributed by atoms with Crippen molar-refractivity contribution in [2.45, 2.75) is 39.7 Å². The maximum Gasteiger partial charge on any atom is 0.0371 e. The van der Waals surface area contributed by atoms with Gasteiger partial charge in [-0.3, -0.25) is 4.90 Å². The van der Waals surface area contributed by atoms with Gasteiger partial charge in [-0.15, -0.1) is 0 Å². The molecular formula is C15H23BrN2. The van der Waals surface area contributed by atoms with Crippen LogP contribution in [0.4, 0.5) is 5.69 Å². The Morgan fingerprint density at radius 2 is 2.06 bits per heavy atom. The normalized spacial score (nSPS) is 19.3. The molecule has 2 rings (SSSR count). The van der Waals surface area contributed by atoms with E-state index >= 15 is 0 Å². The number of nitrogens with zero attached hydrogens (tertiary/aromatic N) is 1. The number of nitrogens with two attached hydrogens (primary N) is 1. The van der Waals surface area contributed by atoms with Gasteiger partial charge in [0.05, 0.1) is 0 Å². The Balaban J connectivity index is 2.03. The maximum atomic E-state index is 6.08. The van der Waals surface area contributed by atoms with E-state index in [9.17, 15) is 0 Å². The van der Waals surface area contributed by atoms with Gasteiger partial charge >= 0.3 is 0 Å². The zero-order chi connectivity index (χ0) is 13.2. The molecule has 0 bridgehead atoms. The molecule has 1 aliphatic rings. The lowest BCUT2D eigenvalue weighted by Gasteiger charge is -2.26. The van der Waals surface area contributed by atoms with E-state index in [-0.39, 0.29) is 0 Å². The first kappa shape index (κ1) is 13.9. The Kier molecular flexibility index (Phi) is 4.33. The minimum absolute atomic E-state index is 0.546. The smallest absolute Gasteiger partial charge is 0.0371 e. The van der Waals surface area contributed by atoms with Crippen LogP contribution < -0.4 is 5.73 Å². The third-order valence-corrected chi connectivity index (χ3v) is 5.01. The SMILES string of the molecule is CCC1(CC)CCN(Cc2ccc(Br)cc2N)C1. The summed E-state index contributed by atoms with van der Waals surface area (Å²) in [5, 5.41) is 0. The van der Waals surface area contributed by atoms with Crippen molar-refractivity contribution in [2.75, 3.05) is 18.8 Å². The third-order valence-electron chi connectivity index (χ3n) is 4.52. The zero-order valence-electron chi connectivity index (χ0n) is 11.4. The molecule has 0 aromatic heterocycles. The number of halogens is 1. The summed E-state index contributed by atoms with van der Waals surface area (Å²) in [5.74, 6) is 0. The van der Waals surface area contributed by atoms with Crippen molar-refractivity contribution in [2.24, 2.45) is 5.41 Å². The number of hydrogen-bond acceptors (Lipinski definition) is 2. The van der Waals surface area contributed by atoms with Gasteiger partial charge in [0.1, 0.15) is 0 Å². The van der Waals surface area contributed by atoms with E-state index in [0.29, 0.717) is 5.41 Å². The van der Waals surface area contributed by atoms with Gasteiger partial charge in [0, 0.05) is 23.2 Å². The highest BCUT2D eigenvalue weighted by atomic mass is 79.9. The molecular weight excluding hydrogens is 288 g/mol. The lowest BCUT2D eigenvalue weighted by molar-refractivity contribution is 0.236. The molecule has 1 heterocycles. The van der Waals surface area contributed by atoms with Crippen LogP contribution in [0.2, 0.25) is 0 Å². The van der Waals surface area contributed by atoms with Crippen LogP contribution in [0.1, 0.15) is 38.7 Å². The minimum Gasteiger partial charge on any atom is -0.398 e. The number of benzene rings is 1. The van der Waals surface area contributed by atoms with Gasteiger partial charge in [0.2, 0.25) is 0 Å². The molecule has 0 aliphatic carbocycles. The quantitative estimate of drug-likeness (QED) is 0.850. The fourth-order valence-corrected chi connectivity index (χ4v) is 3.32. The standard InChI is InChI=1S/C15H23BrN2/c1-3-15(4-2)7-8-18(11-15)10-12-5-6-13(16)9-14(12)17/h5-6,9H,3-4,7-8,10-11,17H2,1-2H3. The van der Waals surface area contributed by atoms with E-state index in [4.69, 9.17) is 5.73 Å². The van der Waals surface area contributed by atoms with Crippen molar-refractivity contribution in [3.05, 3.63) is 28.2 Å². The highest BCUT2D eigenvalue weighted by Crippen LogP contribution is 2.37. The van der Waals surface area contributed by atoms with Crippen LogP contribution in [0.15, 0.2) is 22.7 Å². The van der Waals surface area contributed by atoms with Gasteiger partial charge in [-0.25, -0.2) is 0 Å². The van der Waals surface area contributed by atoms with E-state index < -0.39 is 0 Å². The van der Waals surface area contributed by atoms with Gasteiger partial charge in [-0.1, -0.05) is 35.8 Å². The fourth-order valence-electron chi connectivity index (χ4n) is 2.94. The maximum absolute atomic E-state index is 6.08. The summed E-state index contributed by atoms with van der Waals surface area (Å²) in [6, 6.07) is 6.21. The minimum atomic E-state index is 0.546. The summed E-state index contributed by atoms with van der Waals surface area (Å²) < 4.78 is 1.06. The number of nitrogen functional groups attached to an aromatic ring is 1. The lowest BCUT2D eigenvalue weighted by Crippen LogP contribution is -2.26. The molecule has 1 fully saturated rings. The first-order valence-electron chi connectivity index (χ1n) is 6.85. The lowest BCUT2D eigenvalue weighted by atomic mass is 9.82. The molecule has 1 saturated heterocycles. The highest BCUT2D eigenvalue weighted by Gasteiger charge is 2.34. The summed E-state index contributed by atoms with van der Waals surface area (Å²) in [5.41, 5.74) is 8.77. The average Bonchev–Trinajstić information content (AvgIpc) is 2.77. The number of hydrogen-bond donors (Lipinski definition) is 1. The van der Waals surface area contributed by atoms with E-state index in [0.717, 1.165) is 16.7 Å². The van der Waals surface area contributed by atoms with Crippen LogP contribution in [0.5, 0.6) is 0 Å². The van der Waals surface area contributed by atoms with Crippen molar-refractivity contribution in [1.82, 2.24) is 4.90 Å². The molecule has 100 valence electrons. The molecule has 1 aromatic carbocycles. The Hall–Kier alpha value is -0.540. The van der Waals surface area contributed by atoms with Gasteiger partial charge in [-0.2, -0.15) is 0 Å². The third kappa shape index (κ3) is 2.89. The van der Waals surface area contributed by atoms with Crippen LogP contribution in [0, 0.1) is 5.41 Å². The molecule has 0 spiro atoms. The molecule has 18 heavy (non-hydrogen) atoms. The summed E-state index contributed by atoms with van der Waals surface area (Å²) in [7, 11) is 0. The fraction of sp³-hybridized carbons (Fsp3) is 0.600. The number of anilines is 1. The second-order valence-electron chi connectivity index (χ2n) is 5.51. The summed E-state index contributed by atoms with van der Waals surface area (Å²) in [4.78, 5) is 2.55. The zero-order valence-corrected chi connectivity index (χ0v) is 13.0. The predicted molar refractivity (Wildman–Crippen MR) is 81.5 cm³/mol. The molecule has 2 nitrogen and oxygen atoms in total. The van der Waals surface area contributed by atoms with E-state index in [1.165, 1.54) is 37.9 Å².